The number of hydrogen-bond acceptors (Lipinski definition) is 4. The standard InChI is InChI=1S/C14H18N2O2/c1-4-10(7-15)14(16-3)11-6-13-12(5-9(11)2)17-8-18-13/h5-6,10,14,16H,4,8H2,1-3H3. The minimum atomic E-state index is -0.0472. The summed E-state index contributed by atoms with van der Waals surface area (Å²) in [5.41, 5.74) is 2.22. The molecule has 0 aliphatic carbocycles. The molecule has 2 unspecified atom stereocenters. The number of aryl methyl sites for hydroxylation is 1. The summed E-state index contributed by atoms with van der Waals surface area (Å²) in [6.45, 7) is 4.34. The second-order valence-electron chi connectivity index (χ2n) is 4.47. The number of rotatable bonds is 4. The van der Waals surface area contributed by atoms with Crippen molar-refractivity contribution in [2.45, 2.75) is 26.3 Å². The van der Waals surface area contributed by atoms with Gasteiger partial charge in [0.05, 0.1) is 12.0 Å². The molecule has 1 aliphatic heterocycles. The fraction of sp³-hybridized carbons (Fsp3) is 0.500. The molecule has 2 rings (SSSR count). The topological polar surface area (TPSA) is 54.3 Å². The molecule has 0 amide bonds. The molecule has 2 atom stereocenters. The third-order valence-electron chi connectivity index (χ3n) is 3.42. The Morgan fingerprint density at radius 3 is 2.61 bits per heavy atom. The first kappa shape index (κ1) is 12.7. The quantitative estimate of drug-likeness (QED) is 0.887. The van der Waals surface area contributed by atoms with Crippen LogP contribution in [-0.2, 0) is 0 Å². The van der Waals surface area contributed by atoms with Crippen LogP contribution in [0.25, 0.3) is 0 Å². The fourth-order valence-corrected chi connectivity index (χ4v) is 2.37. The first-order valence-electron chi connectivity index (χ1n) is 6.18. The van der Waals surface area contributed by atoms with Crippen LogP contribution in [0.1, 0.15) is 30.5 Å². The van der Waals surface area contributed by atoms with Gasteiger partial charge in [0.25, 0.3) is 0 Å². The van der Waals surface area contributed by atoms with Crippen LogP contribution in [0.4, 0.5) is 0 Å². The Morgan fingerprint density at radius 2 is 2.06 bits per heavy atom. The van der Waals surface area contributed by atoms with Gasteiger partial charge in [-0.3, -0.25) is 0 Å². The maximum absolute atomic E-state index is 9.23. The van der Waals surface area contributed by atoms with Crippen molar-refractivity contribution in [3.8, 4) is 17.6 Å². The molecule has 18 heavy (non-hydrogen) atoms. The number of hydrogen-bond donors (Lipinski definition) is 1. The summed E-state index contributed by atoms with van der Waals surface area (Å²) in [6.07, 6.45) is 0.815. The Balaban J connectivity index is 2.40. The van der Waals surface area contributed by atoms with E-state index in [2.05, 4.69) is 11.4 Å². The number of ether oxygens (including phenoxy) is 2. The van der Waals surface area contributed by atoms with E-state index in [0.29, 0.717) is 0 Å². The molecule has 4 heteroatoms. The molecule has 1 aromatic carbocycles. The van der Waals surface area contributed by atoms with E-state index in [1.54, 1.807) is 0 Å². The van der Waals surface area contributed by atoms with E-state index in [1.807, 2.05) is 33.0 Å². The molecule has 1 aromatic rings. The van der Waals surface area contributed by atoms with Crippen LogP contribution in [0, 0.1) is 24.2 Å². The Bertz CT molecular complexity index is 479. The van der Waals surface area contributed by atoms with E-state index in [-0.39, 0.29) is 18.8 Å². The van der Waals surface area contributed by atoms with Crippen molar-refractivity contribution < 1.29 is 9.47 Å². The monoisotopic (exact) mass is 246 g/mol. The molecule has 0 fully saturated rings. The Hall–Kier alpha value is -1.73. The van der Waals surface area contributed by atoms with Crippen LogP contribution in [0.2, 0.25) is 0 Å². The zero-order valence-corrected chi connectivity index (χ0v) is 11.0. The second-order valence-corrected chi connectivity index (χ2v) is 4.47. The maximum Gasteiger partial charge on any atom is 0.231 e. The smallest absolute Gasteiger partial charge is 0.231 e. The summed E-state index contributed by atoms with van der Waals surface area (Å²) in [5, 5.41) is 12.5. The van der Waals surface area contributed by atoms with Gasteiger partial charge in [-0.05, 0) is 43.7 Å². The minimum absolute atomic E-state index is 0.0227. The number of nitrogens with zero attached hydrogens (tertiary/aromatic N) is 1. The third-order valence-corrected chi connectivity index (χ3v) is 3.42. The normalized spacial score (nSPS) is 16.1. The first-order chi connectivity index (χ1) is 8.71. The van der Waals surface area contributed by atoms with Crippen molar-refractivity contribution >= 4 is 0 Å². The molecule has 0 bridgehead atoms. The van der Waals surface area contributed by atoms with Crippen LogP contribution in [0.15, 0.2) is 12.1 Å². The van der Waals surface area contributed by atoms with Gasteiger partial charge >= 0.3 is 0 Å². The van der Waals surface area contributed by atoms with Gasteiger partial charge in [0.1, 0.15) is 0 Å². The number of nitriles is 1. The van der Waals surface area contributed by atoms with Crippen LogP contribution in [0.3, 0.4) is 0 Å². The molecule has 96 valence electrons. The molecular formula is C14H18N2O2. The Labute approximate surface area is 108 Å². The summed E-state index contributed by atoms with van der Waals surface area (Å²) in [4.78, 5) is 0. The zero-order chi connectivity index (χ0) is 13.1. The van der Waals surface area contributed by atoms with Crippen molar-refractivity contribution in [3.05, 3.63) is 23.3 Å². The molecule has 0 radical (unpaired) electrons. The number of fused-ring (bicyclic) bond motifs is 1. The van der Waals surface area contributed by atoms with E-state index in [4.69, 9.17) is 9.47 Å². The lowest BCUT2D eigenvalue weighted by molar-refractivity contribution is 0.174. The van der Waals surface area contributed by atoms with E-state index >= 15 is 0 Å². The predicted molar refractivity (Wildman–Crippen MR) is 68.5 cm³/mol. The molecule has 1 aliphatic rings. The highest BCUT2D eigenvalue weighted by molar-refractivity contribution is 5.49. The van der Waals surface area contributed by atoms with Gasteiger partial charge in [-0.1, -0.05) is 6.92 Å². The van der Waals surface area contributed by atoms with Crippen molar-refractivity contribution in [3.63, 3.8) is 0 Å². The summed E-state index contributed by atoms with van der Waals surface area (Å²) >= 11 is 0. The highest BCUT2D eigenvalue weighted by atomic mass is 16.7. The maximum atomic E-state index is 9.23. The summed E-state index contributed by atoms with van der Waals surface area (Å²) in [5.74, 6) is 1.51. The van der Waals surface area contributed by atoms with Crippen LogP contribution >= 0.6 is 0 Å². The van der Waals surface area contributed by atoms with Crippen LogP contribution < -0.4 is 14.8 Å². The van der Waals surface area contributed by atoms with E-state index in [9.17, 15) is 5.26 Å². The third kappa shape index (κ3) is 2.14. The molecule has 1 heterocycles. The van der Waals surface area contributed by atoms with E-state index < -0.39 is 0 Å². The molecule has 4 nitrogen and oxygen atoms in total. The fourth-order valence-electron chi connectivity index (χ4n) is 2.37. The average Bonchev–Trinajstić information content (AvgIpc) is 2.82. The van der Waals surface area contributed by atoms with Crippen LogP contribution in [0.5, 0.6) is 11.5 Å². The molecule has 0 spiro atoms. The van der Waals surface area contributed by atoms with Crippen molar-refractivity contribution in [2.24, 2.45) is 5.92 Å². The average molecular weight is 246 g/mol. The molecular weight excluding hydrogens is 228 g/mol. The minimum Gasteiger partial charge on any atom is -0.454 e. The van der Waals surface area contributed by atoms with Gasteiger partial charge in [-0.25, -0.2) is 0 Å². The Morgan fingerprint density at radius 1 is 1.39 bits per heavy atom. The number of nitrogens with one attached hydrogen (secondary N) is 1. The van der Waals surface area contributed by atoms with Gasteiger partial charge in [-0.2, -0.15) is 5.26 Å². The molecule has 1 N–H and O–H groups in total. The highest BCUT2D eigenvalue weighted by Crippen LogP contribution is 2.38. The van der Waals surface area contributed by atoms with E-state index in [0.717, 1.165) is 29.0 Å². The van der Waals surface area contributed by atoms with Crippen molar-refractivity contribution in [1.82, 2.24) is 5.32 Å². The first-order valence-corrected chi connectivity index (χ1v) is 6.18. The molecule has 0 aromatic heterocycles. The zero-order valence-electron chi connectivity index (χ0n) is 11.0. The largest absolute Gasteiger partial charge is 0.454 e. The lowest BCUT2D eigenvalue weighted by Gasteiger charge is -2.23. The SMILES string of the molecule is CCC(C#N)C(NC)c1cc2c(cc1C)OCO2. The lowest BCUT2D eigenvalue weighted by atomic mass is 9.89. The van der Waals surface area contributed by atoms with Crippen LogP contribution in [-0.4, -0.2) is 13.8 Å². The Kier molecular flexibility index (Phi) is 3.73. The lowest BCUT2D eigenvalue weighted by Crippen LogP contribution is -2.24. The highest BCUT2D eigenvalue weighted by Gasteiger charge is 2.24. The van der Waals surface area contributed by atoms with Gasteiger partial charge in [0, 0.05) is 6.04 Å². The summed E-state index contributed by atoms with van der Waals surface area (Å²) in [7, 11) is 1.88. The summed E-state index contributed by atoms with van der Waals surface area (Å²) < 4.78 is 10.8. The van der Waals surface area contributed by atoms with Crippen molar-refractivity contribution in [1.29, 1.82) is 5.26 Å². The molecule has 0 saturated heterocycles. The van der Waals surface area contributed by atoms with Gasteiger partial charge in [0.15, 0.2) is 11.5 Å². The van der Waals surface area contributed by atoms with E-state index in [1.165, 1.54) is 0 Å². The van der Waals surface area contributed by atoms with Crippen molar-refractivity contribution in [2.75, 3.05) is 13.8 Å². The van der Waals surface area contributed by atoms with Gasteiger partial charge < -0.3 is 14.8 Å². The predicted octanol–water partition coefficient (Wildman–Crippen LogP) is 2.53. The summed E-state index contributed by atoms with van der Waals surface area (Å²) in [6, 6.07) is 6.35. The number of benzene rings is 1. The molecule has 0 saturated carbocycles. The second kappa shape index (κ2) is 5.28. The van der Waals surface area contributed by atoms with Gasteiger partial charge in [-0.15, -0.1) is 0 Å². The van der Waals surface area contributed by atoms with Gasteiger partial charge in [0.2, 0.25) is 6.79 Å².